The fourth-order valence-electron chi connectivity index (χ4n) is 4.19. The first-order valence-electron chi connectivity index (χ1n) is 10.6. The fraction of sp³-hybridized carbons (Fsp3) is 0. The number of para-hydroxylation sites is 1. The van der Waals surface area contributed by atoms with Crippen LogP contribution in [-0.4, -0.2) is 14.8 Å². The van der Waals surface area contributed by atoms with Crippen LogP contribution in [0.2, 0.25) is 0 Å². The molecule has 2 aromatic heterocycles. The van der Waals surface area contributed by atoms with Crippen LogP contribution in [-0.2, 0) is 0 Å². The zero-order valence-corrected chi connectivity index (χ0v) is 17.3. The number of hydrogen-bond acceptors (Lipinski definition) is 3. The van der Waals surface area contributed by atoms with E-state index in [-0.39, 0.29) is 0 Å². The molecular formula is C28H20N4. The molecule has 1 aliphatic heterocycles. The summed E-state index contributed by atoms with van der Waals surface area (Å²) in [6, 6.07) is 31.5. The van der Waals surface area contributed by atoms with Crippen LogP contribution >= 0.6 is 0 Å². The second kappa shape index (κ2) is 7.67. The zero-order chi connectivity index (χ0) is 21.3. The topological polar surface area (TPSA) is 34.0 Å². The third kappa shape index (κ3) is 3.19. The number of benzene rings is 3. The van der Waals surface area contributed by atoms with Crippen LogP contribution in [0.5, 0.6) is 0 Å². The van der Waals surface area contributed by atoms with E-state index >= 15 is 0 Å². The first-order chi connectivity index (χ1) is 15.9. The molecule has 0 aliphatic carbocycles. The Kier molecular flexibility index (Phi) is 4.40. The summed E-state index contributed by atoms with van der Waals surface area (Å²) in [5.74, 6) is 0.927. The molecular weight excluding hydrogens is 392 g/mol. The average Bonchev–Trinajstić information content (AvgIpc) is 3.34. The van der Waals surface area contributed by atoms with Crippen molar-refractivity contribution in [1.29, 1.82) is 0 Å². The smallest absolute Gasteiger partial charge is 0.144 e. The molecule has 4 heteroatoms. The molecule has 6 rings (SSSR count). The molecule has 3 aromatic carbocycles. The predicted molar refractivity (Wildman–Crippen MR) is 130 cm³/mol. The maximum Gasteiger partial charge on any atom is 0.144 e. The van der Waals surface area contributed by atoms with E-state index in [9.17, 15) is 0 Å². The highest BCUT2D eigenvalue weighted by Crippen LogP contribution is 2.41. The molecule has 1 aliphatic rings. The van der Waals surface area contributed by atoms with Crippen molar-refractivity contribution in [3.05, 3.63) is 121 Å². The molecule has 3 heterocycles. The van der Waals surface area contributed by atoms with E-state index in [1.807, 2.05) is 29.2 Å². The van der Waals surface area contributed by atoms with Gasteiger partial charge in [0.2, 0.25) is 0 Å². The Balaban J connectivity index is 1.49. The Bertz CT molecular complexity index is 1380. The highest BCUT2D eigenvalue weighted by Gasteiger charge is 2.21. The zero-order valence-electron chi connectivity index (χ0n) is 17.3. The molecule has 0 saturated carbocycles. The van der Waals surface area contributed by atoms with Crippen LogP contribution < -0.4 is 4.90 Å². The van der Waals surface area contributed by atoms with E-state index in [0.717, 1.165) is 45.1 Å². The van der Waals surface area contributed by atoms with Crippen LogP contribution in [0, 0.1) is 0 Å². The van der Waals surface area contributed by atoms with Gasteiger partial charge in [-0.3, -0.25) is 4.90 Å². The van der Waals surface area contributed by atoms with Gasteiger partial charge in [0, 0.05) is 29.8 Å². The molecule has 0 N–H and O–H groups in total. The molecule has 5 aromatic rings. The van der Waals surface area contributed by atoms with Gasteiger partial charge >= 0.3 is 0 Å². The lowest BCUT2D eigenvalue weighted by Crippen LogP contribution is -2.13. The van der Waals surface area contributed by atoms with E-state index in [4.69, 9.17) is 4.98 Å². The Hall–Kier alpha value is -4.44. The van der Waals surface area contributed by atoms with Gasteiger partial charge < -0.3 is 0 Å². The van der Waals surface area contributed by atoms with Crippen molar-refractivity contribution in [1.82, 2.24) is 14.8 Å². The van der Waals surface area contributed by atoms with Crippen molar-refractivity contribution < 1.29 is 0 Å². The summed E-state index contributed by atoms with van der Waals surface area (Å²) in [6.45, 7) is 0. The highest BCUT2D eigenvalue weighted by atomic mass is 15.3. The molecule has 0 unspecified atom stereocenters. The van der Waals surface area contributed by atoms with Crippen molar-refractivity contribution in [2.24, 2.45) is 0 Å². The summed E-state index contributed by atoms with van der Waals surface area (Å²) in [4.78, 5) is 6.99. The summed E-state index contributed by atoms with van der Waals surface area (Å²) in [7, 11) is 0. The monoisotopic (exact) mass is 412 g/mol. The van der Waals surface area contributed by atoms with E-state index in [1.165, 1.54) is 0 Å². The number of rotatable bonds is 3. The van der Waals surface area contributed by atoms with Gasteiger partial charge in [0.15, 0.2) is 0 Å². The van der Waals surface area contributed by atoms with E-state index in [1.54, 1.807) is 6.20 Å². The van der Waals surface area contributed by atoms with Gasteiger partial charge in [0.05, 0.1) is 11.4 Å². The lowest BCUT2D eigenvalue weighted by Gasteiger charge is -2.26. The summed E-state index contributed by atoms with van der Waals surface area (Å²) in [6.07, 6.45) is 9.90. The second-order valence-electron chi connectivity index (χ2n) is 7.70. The maximum atomic E-state index is 4.75. The molecule has 0 atom stereocenters. The van der Waals surface area contributed by atoms with Crippen LogP contribution in [0.4, 0.5) is 17.2 Å². The van der Waals surface area contributed by atoms with Crippen molar-refractivity contribution in [2.45, 2.75) is 0 Å². The minimum absolute atomic E-state index is 0.927. The largest absolute Gasteiger partial charge is 0.294 e. The van der Waals surface area contributed by atoms with Gasteiger partial charge in [-0.1, -0.05) is 54.6 Å². The van der Waals surface area contributed by atoms with E-state index in [0.29, 0.717) is 0 Å². The van der Waals surface area contributed by atoms with E-state index in [2.05, 4.69) is 101 Å². The van der Waals surface area contributed by atoms with Gasteiger partial charge in [-0.2, -0.15) is 5.10 Å². The van der Waals surface area contributed by atoms with Gasteiger partial charge in [0.25, 0.3) is 0 Å². The minimum Gasteiger partial charge on any atom is -0.294 e. The summed E-state index contributed by atoms with van der Waals surface area (Å²) < 4.78 is 1.88. The normalized spacial score (nSPS) is 12.2. The van der Waals surface area contributed by atoms with E-state index < -0.39 is 0 Å². The molecule has 0 amide bonds. The van der Waals surface area contributed by atoms with Crippen molar-refractivity contribution in [2.75, 3.05) is 4.90 Å². The molecule has 0 spiro atoms. The second-order valence-corrected chi connectivity index (χ2v) is 7.70. The molecule has 0 saturated heterocycles. The average molecular weight is 412 g/mol. The molecule has 0 radical (unpaired) electrons. The van der Waals surface area contributed by atoms with Gasteiger partial charge in [-0.05, 0) is 65.2 Å². The van der Waals surface area contributed by atoms with Crippen LogP contribution in [0.3, 0.4) is 0 Å². The first kappa shape index (κ1) is 18.3. The third-order valence-corrected chi connectivity index (χ3v) is 5.70. The van der Waals surface area contributed by atoms with Crippen LogP contribution in [0.15, 0.2) is 110 Å². The number of nitrogens with zero attached hydrogens (tertiary/aromatic N) is 4. The quantitative estimate of drug-likeness (QED) is 0.317. The summed E-state index contributed by atoms with van der Waals surface area (Å²) in [5.41, 5.74) is 7.76. The standard InChI is InChI=1S/C28H20N4/c1-2-13-27-21(7-1)14-15-22-10-5-16-29-28(22)32(27)26-12-4-9-24(20-26)23-8-3-11-25(19-23)31-18-6-17-30-31/h1-20H. The van der Waals surface area contributed by atoms with Crippen LogP contribution in [0.1, 0.15) is 11.1 Å². The molecule has 0 bridgehead atoms. The SMILES string of the molecule is C1=Cc2cccnc2N(c2cccc(-c3cccc(-n4cccn4)c3)c2)c2ccccc21. The molecule has 32 heavy (non-hydrogen) atoms. The number of hydrogen-bond donors (Lipinski definition) is 0. The Morgan fingerprint density at radius 3 is 2.19 bits per heavy atom. The number of aromatic nitrogens is 3. The van der Waals surface area contributed by atoms with Crippen molar-refractivity contribution in [3.8, 4) is 16.8 Å². The molecule has 0 fully saturated rings. The van der Waals surface area contributed by atoms with Crippen LogP contribution in [0.25, 0.3) is 29.0 Å². The third-order valence-electron chi connectivity index (χ3n) is 5.70. The summed E-state index contributed by atoms with van der Waals surface area (Å²) in [5, 5.41) is 4.37. The summed E-state index contributed by atoms with van der Waals surface area (Å²) >= 11 is 0. The molecule has 4 nitrogen and oxygen atoms in total. The number of pyridine rings is 1. The fourth-order valence-corrected chi connectivity index (χ4v) is 4.19. The Labute approximate surface area is 186 Å². The molecule has 152 valence electrons. The Morgan fingerprint density at radius 1 is 0.594 bits per heavy atom. The lowest BCUT2D eigenvalue weighted by atomic mass is 10.0. The predicted octanol–water partition coefficient (Wildman–Crippen LogP) is 6.89. The van der Waals surface area contributed by atoms with Gasteiger partial charge in [-0.25, -0.2) is 9.67 Å². The number of fused-ring (bicyclic) bond motifs is 2. The highest BCUT2D eigenvalue weighted by molar-refractivity contribution is 5.92. The van der Waals surface area contributed by atoms with Crippen molar-refractivity contribution >= 4 is 29.3 Å². The first-order valence-corrected chi connectivity index (χ1v) is 10.6. The Morgan fingerprint density at radius 2 is 1.34 bits per heavy atom. The van der Waals surface area contributed by atoms with Gasteiger partial charge in [0.1, 0.15) is 5.82 Å². The number of anilines is 3. The van der Waals surface area contributed by atoms with Gasteiger partial charge in [-0.15, -0.1) is 0 Å². The minimum atomic E-state index is 0.927. The van der Waals surface area contributed by atoms with Crippen molar-refractivity contribution in [3.63, 3.8) is 0 Å². The maximum absolute atomic E-state index is 4.75. The lowest BCUT2D eigenvalue weighted by molar-refractivity contribution is 0.881.